The van der Waals surface area contributed by atoms with Crippen LogP contribution in [0.1, 0.15) is 24.9 Å². The van der Waals surface area contributed by atoms with Gasteiger partial charge in [-0.15, -0.1) is 31.4 Å². The molecule has 1 fully saturated rings. The maximum absolute atomic E-state index is 14.1. The van der Waals surface area contributed by atoms with Crippen LogP contribution >= 0.6 is 36.4 Å². The summed E-state index contributed by atoms with van der Waals surface area (Å²) in [5.41, 5.74) is 1.74. The van der Waals surface area contributed by atoms with Gasteiger partial charge in [-0.3, -0.25) is 4.90 Å². The number of benzene rings is 1. The van der Waals surface area contributed by atoms with Crippen molar-refractivity contribution in [1.82, 2.24) is 10.2 Å². The summed E-state index contributed by atoms with van der Waals surface area (Å²) in [5, 5.41) is 3.90. The van der Waals surface area contributed by atoms with Crippen LogP contribution in [0.5, 0.6) is 0 Å². The predicted molar refractivity (Wildman–Crippen MR) is 92.5 cm³/mol. The number of halogens is 4. The lowest BCUT2D eigenvalue weighted by Gasteiger charge is -2.35. The van der Waals surface area contributed by atoms with E-state index in [-0.39, 0.29) is 36.7 Å². The Morgan fingerprint density at radius 1 is 1.38 bits per heavy atom. The zero-order valence-electron chi connectivity index (χ0n) is 12.1. The van der Waals surface area contributed by atoms with Gasteiger partial charge in [-0.1, -0.05) is 17.2 Å². The van der Waals surface area contributed by atoms with Crippen LogP contribution in [-0.2, 0) is 0 Å². The molecule has 1 heterocycles. The molecule has 1 saturated heterocycles. The largest absolute Gasteiger partial charge is 0.314 e. The number of piperazine rings is 1. The van der Waals surface area contributed by atoms with E-state index in [0.717, 1.165) is 38.2 Å². The number of nitrogens with zero attached hydrogens (tertiary/aromatic N) is 1. The van der Waals surface area contributed by atoms with Crippen molar-refractivity contribution in [1.29, 1.82) is 0 Å². The van der Waals surface area contributed by atoms with Crippen molar-refractivity contribution in [3.05, 3.63) is 46.8 Å². The molecule has 120 valence electrons. The fourth-order valence-electron chi connectivity index (χ4n) is 2.53. The molecule has 0 amide bonds. The zero-order chi connectivity index (χ0) is 13.8. The first-order chi connectivity index (χ1) is 9.08. The van der Waals surface area contributed by atoms with Gasteiger partial charge in [0.05, 0.1) is 0 Å². The van der Waals surface area contributed by atoms with E-state index in [9.17, 15) is 4.39 Å². The Bertz CT molecular complexity index is 462. The van der Waals surface area contributed by atoms with Gasteiger partial charge in [0.1, 0.15) is 5.82 Å². The first-order valence-corrected chi connectivity index (χ1v) is 7.00. The summed E-state index contributed by atoms with van der Waals surface area (Å²) < 4.78 is 14.1. The Morgan fingerprint density at radius 3 is 2.57 bits per heavy atom. The van der Waals surface area contributed by atoms with Gasteiger partial charge in [0.2, 0.25) is 0 Å². The van der Waals surface area contributed by atoms with E-state index in [1.165, 1.54) is 6.07 Å². The molecule has 0 unspecified atom stereocenters. The summed E-state index contributed by atoms with van der Waals surface area (Å²) in [5.74, 6) is -0.186. The lowest BCUT2D eigenvalue weighted by atomic mass is 9.97. The van der Waals surface area contributed by atoms with Gasteiger partial charge >= 0.3 is 0 Å². The van der Waals surface area contributed by atoms with Crippen LogP contribution in [0.3, 0.4) is 0 Å². The Kier molecular flexibility index (Phi) is 9.50. The minimum Gasteiger partial charge on any atom is -0.314 e. The highest BCUT2D eigenvalue weighted by Crippen LogP contribution is 2.31. The quantitative estimate of drug-likeness (QED) is 0.813. The third kappa shape index (κ3) is 5.76. The molecule has 21 heavy (non-hydrogen) atoms. The van der Waals surface area contributed by atoms with Gasteiger partial charge in [0.15, 0.2) is 0 Å². The average molecular weight is 356 g/mol. The van der Waals surface area contributed by atoms with Gasteiger partial charge in [0, 0.05) is 42.8 Å². The van der Waals surface area contributed by atoms with Crippen LogP contribution in [0.15, 0.2) is 30.4 Å². The van der Waals surface area contributed by atoms with Crippen molar-refractivity contribution in [3.8, 4) is 0 Å². The summed E-state index contributed by atoms with van der Waals surface area (Å²) in [6.45, 7) is 9.67. The number of hydrogen-bond donors (Lipinski definition) is 1. The topological polar surface area (TPSA) is 15.3 Å². The molecule has 2 nitrogen and oxygen atoms in total. The van der Waals surface area contributed by atoms with Crippen molar-refractivity contribution in [2.45, 2.75) is 19.4 Å². The summed E-state index contributed by atoms with van der Waals surface area (Å²) in [6.07, 6.45) is 0.761. The number of nitrogens with one attached hydrogen (secondary N) is 1. The van der Waals surface area contributed by atoms with Crippen molar-refractivity contribution < 1.29 is 4.39 Å². The first kappa shape index (κ1) is 20.7. The van der Waals surface area contributed by atoms with E-state index in [2.05, 4.69) is 16.8 Å². The summed E-state index contributed by atoms with van der Waals surface area (Å²) in [7, 11) is 0. The zero-order valence-corrected chi connectivity index (χ0v) is 14.5. The van der Waals surface area contributed by atoms with Crippen molar-refractivity contribution in [2.24, 2.45) is 0 Å². The number of hydrogen-bond acceptors (Lipinski definition) is 2. The Labute approximate surface area is 143 Å². The maximum atomic E-state index is 14.1. The molecule has 0 bridgehead atoms. The van der Waals surface area contributed by atoms with Crippen LogP contribution in [0.25, 0.3) is 0 Å². The molecular weight excluding hydrogens is 334 g/mol. The van der Waals surface area contributed by atoms with E-state index in [4.69, 9.17) is 11.6 Å². The lowest BCUT2D eigenvalue weighted by Crippen LogP contribution is -2.45. The highest BCUT2D eigenvalue weighted by Gasteiger charge is 2.24. The second kappa shape index (κ2) is 9.65. The Morgan fingerprint density at radius 2 is 2.00 bits per heavy atom. The molecular formula is C15H22Cl3FN2. The van der Waals surface area contributed by atoms with Crippen LogP contribution in [0.2, 0.25) is 5.02 Å². The average Bonchev–Trinajstić information content (AvgIpc) is 2.40. The highest BCUT2D eigenvalue weighted by molar-refractivity contribution is 6.30. The van der Waals surface area contributed by atoms with Gasteiger partial charge in [-0.25, -0.2) is 4.39 Å². The van der Waals surface area contributed by atoms with E-state index < -0.39 is 0 Å². The molecule has 2 rings (SSSR count). The number of rotatable bonds is 4. The van der Waals surface area contributed by atoms with E-state index >= 15 is 0 Å². The lowest BCUT2D eigenvalue weighted by molar-refractivity contribution is 0.169. The Balaban J connectivity index is 0.00000200. The molecule has 0 aromatic heterocycles. The van der Waals surface area contributed by atoms with Crippen LogP contribution in [-0.4, -0.2) is 31.1 Å². The van der Waals surface area contributed by atoms with E-state index in [0.29, 0.717) is 10.6 Å². The molecule has 1 atom stereocenters. The monoisotopic (exact) mass is 354 g/mol. The molecule has 0 radical (unpaired) electrons. The van der Waals surface area contributed by atoms with Crippen LogP contribution in [0.4, 0.5) is 4.39 Å². The van der Waals surface area contributed by atoms with Crippen molar-refractivity contribution in [3.63, 3.8) is 0 Å². The molecule has 6 heteroatoms. The fourth-order valence-corrected chi connectivity index (χ4v) is 2.71. The normalized spacial score (nSPS) is 16.5. The molecule has 1 aromatic rings. The second-order valence-electron chi connectivity index (χ2n) is 5.13. The fraction of sp³-hybridized carbons (Fsp3) is 0.467. The maximum Gasteiger partial charge on any atom is 0.128 e. The molecule has 1 N–H and O–H groups in total. The summed E-state index contributed by atoms with van der Waals surface area (Å²) >= 11 is 6.02. The second-order valence-corrected chi connectivity index (χ2v) is 5.57. The third-order valence-electron chi connectivity index (χ3n) is 3.45. The third-order valence-corrected chi connectivity index (χ3v) is 3.69. The minimum atomic E-state index is -0.186. The van der Waals surface area contributed by atoms with Crippen LogP contribution < -0.4 is 5.32 Å². The summed E-state index contributed by atoms with van der Waals surface area (Å²) in [6, 6.07) is 4.81. The molecule has 0 aliphatic carbocycles. The molecule has 1 aliphatic heterocycles. The molecule has 0 saturated carbocycles. The Hall–Kier alpha value is -0.320. The summed E-state index contributed by atoms with van der Waals surface area (Å²) in [4.78, 5) is 2.31. The highest BCUT2D eigenvalue weighted by atomic mass is 35.5. The van der Waals surface area contributed by atoms with Gasteiger partial charge < -0.3 is 5.32 Å². The van der Waals surface area contributed by atoms with E-state index in [1.54, 1.807) is 12.1 Å². The predicted octanol–water partition coefficient (Wildman–Crippen LogP) is 4.24. The standard InChI is InChI=1S/C15H20ClFN2.2ClH/c1-11(2)9-15(19-7-5-18-6-8-19)13-10-12(16)3-4-14(13)17;;/h3-4,10,15,18H,1,5-9H2,2H3;2*1H/t15-;;/m0../s1. The first-order valence-electron chi connectivity index (χ1n) is 6.62. The minimum absolute atomic E-state index is 0. The van der Waals surface area contributed by atoms with Gasteiger partial charge in [0.25, 0.3) is 0 Å². The smallest absolute Gasteiger partial charge is 0.128 e. The van der Waals surface area contributed by atoms with Crippen LogP contribution in [0, 0.1) is 5.82 Å². The molecule has 0 spiro atoms. The van der Waals surface area contributed by atoms with Crippen molar-refractivity contribution in [2.75, 3.05) is 26.2 Å². The molecule has 1 aromatic carbocycles. The van der Waals surface area contributed by atoms with Crippen molar-refractivity contribution >= 4 is 36.4 Å². The SMILES string of the molecule is C=C(C)C[C@@H](c1cc(Cl)ccc1F)N1CCNCC1.Cl.Cl. The van der Waals surface area contributed by atoms with E-state index in [1.807, 2.05) is 6.92 Å². The van der Waals surface area contributed by atoms with Gasteiger partial charge in [-0.05, 0) is 31.5 Å². The molecule has 1 aliphatic rings. The van der Waals surface area contributed by atoms with Gasteiger partial charge in [-0.2, -0.15) is 0 Å².